The molecule has 12 heteroatoms. The van der Waals surface area contributed by atoms with Gasteiger partial charge in [0.05, 0.1) is 16.4 Å². The number of halogens is 1. The van der Waals surface area contributed by atoms with E-state index in [1.54, 1.807) is 19.1 Å². The van der Waals surface area contributed by atoms with E-state index in [-0.39, 0.29) is 63.1 Å². The first kappa shape index (κ1) is 26.7. The number of hydrogen-bond acceptors (Lipinski definition) is 8. The minimum absolute atomic E-state index is 0. The normalized spacial score (nSPS) is 11.9. The summed E-state index contributed by atoms with van der Waals surface area (Å²) in [6.45, 7) is 1.72. The fraction of sp³-hybridized carbons (Fsp3) is 0.0435. The molecule has 3 N–H and O–H groups in total. The van der Waals surface area contributed by atoms with Crippen LogP contribution < -0.4 is 0 Å². The largest absolute Gasteiger partial charge is 0.506 e. The van der Waals surface area contributed by atoms with Crippen LogP contribution in [0.2, 0.25) is 5.02 Å². The number of hydrogen-bond donors (Lipinski definition) is 3. The van der Waals surface area contributed by atoms with Crippen molar-refractivity contribution in [3.05, 3.63) is 77.3 Å². The summed E-state index contributed by atoms with van der Waals surface area (Å²) in [4.78, 5) is -0.488. The van der Waals surface area contributed by atoms with E-state index < -0.39 is 15.0 Å². The summed E-state index contributed by atoms with van der Waals surface area (Å²) >= 11 is 5.80. The molecule has 0 saturated heterocycles. The average Bonchev–Trinajstić information content (AvgIpc) is 2.79. The quantitative estimate of drug-likeness (QED) is 0.149. The summed E-state index contributed by atoms with van der Waals surface area (Å²) in [7, 11) is -4.52. The van der Waals surface area contributed by atoms with Crippen LogP contribution in [0, 0.1) is 6.92 Å². The van der Waals surface area contributed by atoms with E-state index in [0.29, 0.717) is 16.6 Å². The molecule has 4 aromatic carbocycles. The Hall–Kier alpha value is -2.86. The maximum absolute atomic E-state index is 11.4. The molecule has 0 spiro atoms. The minimum Gasteiger partial charge on any atom is -0.506 e. The van der Waals surface area contributed by atoms with Crippen molar-refractivity contribution < 1.29 is 23.2 Å². The molecule has 4 aromatic rings. The zero-order valence-corrected chi connectivity index (χ0v) is 22.2. The zero-order chi connectivity index (χ0) is 24.5. The summed E-state index contributed by atoms with van der Waals surface area (Å²) in [5, 5.41) is 38.3. The Morgan fingerprint density at radius 3 is 2.26 bits per heavy atom. The number of phenols is 2. The van der Waals surface area contributed by atoms with Crippen LogP contribution in [-0.2, 0) is 10.1 Å². The SMILES string of the molecule is Cc1cc(N=Nc2c(O)ccc3ccccc23)c(O)cc1N=Nc1ccc(Cl)c(S(=O)(=O)O)c1.[Na]. The van der Waals surface area contributed by atoms with E-state index in [2.05, 4.69) is 20.5 Å². The van der Waals surface area contributed by atoms with Crippen molar-refractivity contribution >= 4 is 84.8 Å². The summed E-state index contributed by atoms with van der Waals surface area (Å²) in [5.41, 5.74) is 1.46. The third kappa shape index (κ3) is 6.04. The fourth-order valence-electron chi connectivity index (χ4n) is 3.17. The van der Waals surface area contributed by atoms with E-state index in [1.807, 2.05) is 24.3 Å². The van der Waals surface area contributed by atoms with Gasteiger partial charge in [0.2, 0.25) is 0 Å². The van der Waals surface area contributed by atoms with Crippen molar-refractivity contribution in [2.24, 2.45) is 20.5 Å². The molecule has 0 aliphatic rings. The zero-order valence-electron chi connectivity index (χ0n) is 18.6. The molecule has 0 aromatic heterocycles. The summed E-state index contributed by atoms with van der Waals surface area (Å²) in [6.07, 6.45) is 0. The van der Waals surface area contributed by atoms with Crippen LogP contribution >= 0.6 is 11.6 Å². The first-order chi connectivity index (χ1) is 16.1. The van der Waals surface area contributed by atoms with Gasteiger partial charge in [-0.3, -0.25) is 4.55 Å². The van der Waals surface area contributed by atoms with Crippen LogP contribution in [0.15, 0.2) is 92.1 Å². The number of aryl methyl sites for hydroxylation is 1. The van der Waals surface area contributed by atoms with Gasteiger partial charge in [-0.1, -0.05) is 41.9 Å². The molecule has 4 rings (SSSR count). The third-order valence-corrected chi connectivity index (χ3v) is 6.23. The van der Waals surface area contributed by atoms with E-state index in [0.717, 1.165) is 11.5 Å². The fourth-order valence-corrected chi connectivity index (χ4v) is 4.17. The molecule has 9 nitrogen and oxygen atoms in total. The maximum Gasteiger partial charge on any atom is 0.296 e. The number of phenolic OH excluding ortho intramolecular Hbond substituents is 2. The second-order valence-corrected chi connectivity index (χ2v) is 9.07. The van der Waals surface area contributed by atoms with Gasteiger partial charge in [-0.05, 0) is 48.2 Å². The second-order valence-electron chi connectivity index (χ2n) is 7.27. The molecular formula is C23H17ClN4NaO5S. The number of rotatable bonds is 5. The Morgan fingerprint density at radius 2 is 1.51 bits per heavy atom. The van der Waals surface area contributed by atoms with Crippen LogP contribution in [0.1, 0.15) is 5.56 Å². The van der Waals surface area contributed by atoms with E-state index in [9.17, 15) is 23.2 Å². The summed E-state index contributed by atoms with van der Waals surface area (Å²) in [6, 6.07) is 17.3. The van der Waals surface area contributed by atoms with Gasteiger partial charge in [-0.2, -0.15) is 18.6 Å². The molecule has 1 radical (unpaired) electrons. The van der Waals surface area contributed by atoms with Crippen LogP contribution in [0.25, 0.3) is 10.8 Å². The molecule has 0 saturated carbocycles. The standard InChI is InChI=1S/C23H17ClN4O5S.Na/c1-13-10-19(27-28-23-16-5-3-2-4-14(16)6-9-20(23)29)21(30)12-18(13)26-25-15-7-8-17(24)22(11-15)34(31,32)33;/h2-12,29-30H,1H3,(H,31,32,33);. The second kappa shape index (κ2) is 10.8. The molecule has 0 unspecified atom stereocenters. The number of nitrogens with zero attached hydrogens (tertiary/aromatic N) is 4. The Balaban J connectivity index is 0.00000342. The van der Waals surface area contributed by atoms with Crippen LogP contribution in [-0.4, -0.2) is 52.7 Å². The topological polar surface area (TPSA) is 144 Å². The van der Waals surface area contributed by atoms with Gasteiger partial charge < -0.3 is 10.2 Å². The van der Waals surface area contributed by atoms with Gasteiger partial charge in [0.25, 0.3) is 10.1 Å². The van der Waals surface area contributed by atoms with Crippen molar-refractivity contribution in [3.8, 4) is 11.5 Å². The third-order valence-electron chi connectivity index (χ3n) is 4.90. The Labute approximate surface area is 227 Å². The van der Waals surface area contributed by atoms with Crippen LogP contribution in [0.4, 0.5) is 22.7 Å². The van der Waals surface area contributed by atoms with Gasteiger partial charge in [0, 0.05) is 41.0 Å². The summed E-state index contributed by atoms with van der Waals surface area (Å²) in [5.74, 6) is -0.269. The molecule has 0 amide bonds. The Kier molecular flexibility index (Phi) is 8.26. The first-order valence-corrected chi connectivity index (χ1v) is 11.6. The minimum atomic E-state index is -4.52. The van der Waals surface area contributed by atoms with Gasteiger partial charge in [0.1, 0.15) is 27.8 Å². The van der Waals surface area contributed by atoms with Crippen molar-refractivity contribution in [1.29, 1.82) is 0 Å². The molecule has 35 heavy (non-hydrogen) atoms. The van der Waals surface area contributed by atoms with Gasteiger partial charge in [0.15, 0.2) is 0 Å². The van der Waals surface area contributed by atoms with Crippen LogP contribution in [0.3, 0.4) is 0 Å². The van der Waals surface area contributed by atoms with Gasteiger partial charge in [-0.15, -0.1) is 10.2 Å². The molecule has 0 heterocycles. The Morgan fingerprint density at radius 1 is 0.800 bits per heavy atom. The van der Waals surface area contributed by atoms with E-state index >= 15 is 0 Å². The first-order valence-electron chi connectivity index (χ1n) is 9.78. The van der Waals surface area contributed by atoms with Crippen molar-refractivity contribution in [2.75, 3.05) is 0 Å². The predicted molar refractivity (Wildman–Crippen MR) is 134 cm³/mol. The molecule has 0 aliphatic heterocycles. The van der Waals surface area contributed by atoms with Gasteiger partial charge in [-0.25, -0.2) is 0 Å². The number of benzene rings is 4. The molecule has 0 atom stereocenters. The van der Waals surface area contributed by atoms with Crippen LogP contribution in [0.5, 0.6) is 11.5 Å². The smallest absolute Gasteiger partial charge is 0.296 e. The van der Waals surface area contributed by atoms with Gasteiger partial charge >= 0.3 is 0 Å². The predicted octanol–water partition coefficient (Wildman–Crippen LogP) is 6.91. The molecule has 173 valence electrons. The monoisotopic (exact) mass is 519 g/mol. The average molecular weight is 520 g/mol. The molecular weight excluding hydrogens is 503 g/mol. The van der Waals surface area contributed by atoms with Crippen molar-refractivity contribution in [3.63, 3.8) is 0 Å². The number of azo groups is 2. The number of fused-ring (bicyclic) bond motifs is 1. The summed E-state index contributed by atoms with van der Waals surface area (Å²) < 4.78 is 32.1. The molecule has 0 fully saturated rings. The van der Waals surface area contributed by atoms with Crippen molar-refractivity contribution in [2.45, 2.75) is 11.8 Å². The maximum atomic E-state index is 11.4. The molecule has 0 bridgehead atoms. The molecule has 0 aliphatic carbocycles. The van der Waals surface area contributed by atoms with E-state index in [1.165, 1.54) is 24.3 Å². The Bertz CT molecular complexity index is 1590. The van der Waals surface area contributed by atoms with E-state index in [4.69, 9.17) is 11.6 Å². The number of aromatic hydroxyl groups is 2. The van der Waals surface area contributed by atoms with Crippen molar-refractivity contribution in [1.82, 2.24) is 0 Å².